The van der Waals surface area contributed by atoms with Crippen molar-refractivity contribution in [3.8, 4) is 0 Å². The van der Waals surface area contributed by atoms with Crippen LogP contribution in [-0.2, 0) is 9.57 Å². The van der Waals surface area contributed by atoms with Crippen LogP contribution in [0.1, 0.15) is 13.8 Å². The van der Waals surface area contributed by atoms with Gasteiger partial charge < -0.3 is 20.1 Å². The van der Waals surface area contributed by atoms with E-state index in [4.69, 9.17) is 9.57 Å². The summed E-state index contributed by atoms with van der Waals surface area (Å²) in [6.07, 6.45) is -4.20. The fraction of sp³-hybridized carbons (Fsp3) is 1.00. The summed E-state index contributed by atoms with van der Waals surface area (Å²) in [5.74, 6) is 0. The van der Waals surface area contributed by atoms with Gasteiger partial charge >= 0.3 is 0 Å². The second-order valence-corrected chi connectivity index (χ2v) is 3.91. The summed E-state index contributed by atoms with van der Waals surface area (Å²) in [6.45, 7) is 3.73. The summed E-state index contributed by atoms with van der Waals surface area (Å²) in [4.78, 5) is 5.06. The minimum Gasteiger partial charge on any atom is -0.388 e. The largest absolute Gasteiger partial charge is 0.388 e. The van der Waals surface area contributed by atoms with E-state index in [1.54, 1.807) is 0 Å². The highest BCUT2D eigenvalue weighted by Crippen LogP contribution is 2.20. The summed E-state index contributed by atoms with van der Waals surface area (Å²) >= 11 is 0. The molecule has 1 saturated heterocycles. The molecule has 0 saturated carbocycles. The second kappa shape index (κ2) is 5.20. The van der Waals surface area contributed by atoms with E-state index in [0.29, 0.717) is 0 Å². The van der Waals surface area contributed by atoms with Crippen LogP contribution in [0.4, 0.5) is 0 Å². The van der Waals surface area contributed by atoms with Crippen molar-refractivity contribution in [3.63, 3.8) is 0 Å². The maximum atomic E-state index is 9.70. The van der Waals surface area contributed by atoms with Gasteiger partial charge in [-0.1, -0.05) is 0 Å². The van der Waals surface area contributed by atoms with Gasteiger partial charge in [0.1, 0.15) is 18.3 Å². The van der Waals surface area contributed by atoms with Crippen molar-refractivity contribution >= 4 is 0 Å². The average Bonchev–Trinajstić information content (AvgIpc) is 2.18. The molecule has 4 atom stereocenters. The van der Waals surface area contributed by atoms with Gasteiger partial charge in [0.05, 0.1) is 13.7 Å². The molecule has 90 valence electrons. The molecule has 0 bridgehead atoms. The molecule has 3 N–H and O–H groups in total. The lowest BCUT2D eigenvalue weighted by molar-refractivity contribution is -0.316. The molecule has 0 aromatic carbocycles. The maximum absolute atomic E-state index is 9.70. The number of nitrogens with zero attached hydrogens (tertiary/aromatic N) is 1. The van der Waals surface area contributed by atoms with Gasteiger partial charge in [-0.3, -0.25) is 4.84 Å². The summed E-state index contributed by atoms with van der Waals surface area (Å²) in [7, 11) is 1.47. The Morgan fingerprint density at radius 2 is 1.87 bits per heavy atom. The molecule has 1 aliphatic heterocycles. The van der Waals surface area contributed by atoms with E-state index in [-0.39, 0.29) is 12.6 Å². The lowest BCUT2D eigenvalue weighted by Crippen LogP contribution is -2.60. The van der Waals surface area contributed by atoms with Gasteiger partial charge in [0.15, 0.2) is 6.23 Å². The van der Waals surface area contributed by atoms with Crippen molar-refractivity contribution in [2.75, 3.05) is 13.7 Å². The minimum absolute atomic E-state index is 0.00269. The Morgan fingerprint density at radius 3 is 2.33 bits per heavy atom. The van der Waals surface area contributed by atoms with Crippen molar-refractivity contribution in [2.24, 2.45) is 0 Å². The summed E-state index contributed by atoms with van der Waals surface area (Å²) in [6, 6.07) is -0.00269. The number of aliphatic hydroxyl groups is 3. The molecule has 15 heavy (non-hydrogen) atoms. The Kier molecular flexibility index (Phi) is 4.45. The van der Waals surface area contributed by atoms with Gasteiger partial charge in [-0.05, 0) is 13.8 Å². The van der Waals surface area contributed by atoms with Crippen LogP contribution in [-0.4, -0.2) is 64.7 Å². The molecule has 2 unspecified atom stereocenters. The molecule has 6 nitrogen and oxygen atoms in total. The average molecular weight is 221 g/mol. The monoisotopic (exact) mass is 221 g/mol. The van der Waals surface area contributed by atoms with E-state index in [2.05, 4.69) is 0 Å². The van der Waals surface area contributed by atoms with Gasteiger partial charge in [-0.15, -0.1) is 0 Å². The second-order valence-electron chi connectivity index (χ2n) is 3.91. The Bertz CT molecular complexity index is 201. The van der Waals surface area contributed by atoms with E-state index >= 15 is 0 Å². The number of ether oxygens (including phenoxy) is 1. The van der Waals surface area contributed by atoms with Crippen molar-refractivity contribution in [1.82, 2.24) is 5.06 Å². The lowest BCUT2D eigenvalue weighted by Gasteiger charge is -2.41. The highest BCUT2D eigenvalue weighted by molar-refractivity contribution is 4.85. The van der Waals surface area contributed by atoms with Crippen LogP contribution in [0.15, 0.2) is 0 Å². The Morgan fingerprint density at radius 1 is 1.27 bits per heavy atom. The van der Waals surface area contributed by atoms with E-state index in [1.807, 2.05) is 13.8 Å². The first kappa shape index (κ1) is 12.8. The van der Waals surface area contributed by atoms with Crippen LogP contribution in [0.3, 0.4) is 0 Å². The minimum atomic E-state index is -1.21. The highest BCUT2D eigenvalue weighted by Gasteiger charge is 2.41. The topological polar surface area (TPSA) is 82.4 Å². The van der Waals surface area contributed by atoms with Crippen molar-refractivity contribution in [1.29, 1.82) is 0 Å². The molecule has 1 rings (SSSR count). The third-order valence-electron chi connectivity index (χ3n) is 2.44. The first-order valence-electron chi connectivity index (χ1n) is 4.97. The molecule has 0 aromatic heterocycles. The zero-order valence-corrected chi connectivity index (χ0v) is 9.20. The van der Waals surface area contributed by atoms with Gasteiger partial charge in [-0.2, -0.15) is 5.06 Å². The predicted octanol–water partition coefficient (Wildman–Crippen LogP) is -1.30. The van der Waals surface area contributed by atoms with Crippen LogP contribution in [0.2, 0.25) is 0 Å². The van der Waals surface area contributed by atoms with Gasteiger partial charge in [-0.25, -0.2) is 0 Å². The number of hydrogen-bond donors (Lipinski definition) is 3. The fourth-order valence-corrected chi connectivity index (χ4v) is 1.62. The molecule has 0 aromatic rings. The van der Waals surface area contributed by atoms with Crippen LogP contribution in [0, 0.1) is 0 Å². The van der Waals surface area contributed by atoms with Gasteiger partial charge in [0.2, 0.25) is 0 Å². The molecule has 1 fully saturated rings. The Balaban J connectivity index is 2.69. The first-order valence-corrected chi connectivity index (χ1v) is 4.97. The van der Waals surface area contributed by atoms with Crippen molar-refractivity contribution in [3.05, 3.63) is 0 Å². The number of hydrogen-bond acceptors (Lipinski definition) is 6. The van der Waals surface area contributed by atoms with Crippen molar-refractivity contribution in [2.45, 2.75) is 44.4 Å². The highest BCUT2D eigenvalue weighted by atomic mass is 16.7. The molecular weight excluding hydrogens is 202 g/mol. The Hall–Kier alpha value is -0.240. The van der Waals surface area contributed by atoms with Crippen LogP contribution in [0.5, 0.6) is 0 Å². The molecule has 1 heterocycles. The zero-order chi connectivity index (χ0) is 11.6. The smallest absolute Gasteiger partial charge is 0.161 e. The van der Waals surface area contributed by atoms with Crippen LogP contribution >= 0.6 is 0 Å². The number of hydroxylamine groups is 2. The molecule has 0 amide bonds. The Labute approximate surface area is 89.0 Å². The van der Waals surface area contributed by atoms with Crippen molar-refractivity contribution < 1.29 is 24.9 Å². The molecule has 6 heteroatoms. The molecule has 0 spiro atoms. The molecule has 1 aliphatic rings. The van der Waals surface area contributed by atoms with E-state index in [9.17, 15) is 15.3 Å². The third-order valence-corrected chi connectivity index (χ3v) is 2.44. The molecule has 0 aliphatic carbocycles. The van der Waals surface area contributed by atoms with E-state index in [0.717, 1.165) is 0 Å². The molecular formula is C9H19NO5. The predicted molar refractivity (Wildman–Crippen MR) is 51.7 cm³/mol. The molecule has 0 radical (unpaired) electrons. The van der Waals surface area contributed by atoms with Crippen LogP contribution < -0.4 is 0 Å². The quantitative estimate of drug-likeness (QED) is 0.514. The standard InChI is InChI=1S/C9H19NO5/c1-5(2)10(14-3)9-8(13)7(12)6(11)4-15-9/h5-9,11-13H,4H2,1-3H3/t6-,7-,8?,9?/m0/s1. The fourth-order valence-electron chi connectivity index (χ4n) is 1.62. The number of aliphatic hydroxyl groups excluding tert-OH is 3. The lowest BCUT2D eigenvalue weighted by atomic mass is 10.0. The SMILES string of the molecule is CON(C(C)C)C1OC[C@H](O)[C@H](O)C1O. The van der Waals surface area contributed by atoms with Gasteiger partial charge in [0.25, 0.3) is 0 Å². The van der Waals surface area contributed by atoms with Gasteiger partial charge in [0, 0.05) is 6.04 Å². The van der Waals surface area contributed by atoms with E-state index < -0.39 is 24.5 Å². The zero-order valence-electron chi connectivity index (χ0n) is 9.20. The third kappa shape index (κ3) is 2.66. The van der Waals surface area contributed by atoms with Crippen LogP contribution in [0.25, 0.3) is 0 Å². The first-order chi connectivity index (χ1) is 6.99. The van der Waals surface area contributed by atoms with E-state index in [1.165, 1.54) is 12.2 Å². The summed E-state index contributed by atoms with van der Waals surface area (Å²) in [5, 5.41) is 29.9. The number of rotatable bonds is 3. The summed E-state index contributed by atoms with van der Waals surface area (Å²) in [5.41, 5.74) is 0. The normalized spacial score (nSPS) is 37.6. The summed E-state index contributed by atoms with van der Waals surface area (Å²) < 4.78 is 5.23. The maximum Gasteiger partial charge on any atom is 0.161 e.